The fraction of sp³-hybridized carbons (Fsp3) is 0.467. The van der Waals surface area contributed by atoms with E-state index in [1.807, 2.05) is 25.1 Å². The lowest BCUT2D eigenvalue weighted by Crippen LogP contribution is -2.38. The van der Waals surface area contributed by atoms with Gasteiger partial charge in [-0.15, -0.1) is 24.0 Å². The summed E-state index contributed by atoms with van der Waals surface area (Å²) in [5.74, 6) is 0.706. The summed E-state index contributed by atoms with van der Waals surface area (Å²) >= 11 is 3.40. The van der Waals surface area contributed by atoms with Gasteiger partial charge in [0.05, 0.1) is 0 Å². The zero-order valence-corrected chi connectivity index (χ0v) is 17.1. The largest absolute Gasteiger partial charge is 0.356 e. The number of anilines is 1. The molecule has 22 heavy (non-hydrogen) atoms. The summed E-state index contributed by atoms with van der Waals surface area (Å²) in [4.78, 5) is 16.0. The molecule has 0 aliphatic rings. The molecule has 0 radical (unpaired) electrons. The average molecular weight is 483 g/mol. The van der Waals surface area contributed by atoms with Gasteiger partial charge in [0.15, 0.2) is 5.96 Å². The quantitative estimate of drug-likeness (QED) is 0.331. The highest BCUT2D eigenvalue weighted by atomic mass is 127. The van der Waals surface area contributed by atoms with Crippen molar-refractivity contribution in [1.82, 2.24) is 10.6 Å². The van der Waals surface area contributed by atoms with Crippen LogP contribution < -0.4 is 16.0 Å². The second kappa shape index (κ2) is 11.7. The van der Waals surface area contributed by atoms with Gasteiger partial charge in [-0.25, -0.2) is 0 Å². The van der Waals surface area contributed by atoms with Crippen LogP contribution >= 0.6 is 39.9 Å². The molecular formula is C15H24BrIN4O. The number of hydrogen-bond donors (Lipinski definition) is 3. The van der Waals surface area contributed by atoms with Crippen LogP contribution in [0.3, 0.4) is 0 Å². The molecule has 1 amide bonds. The van der Waals surface area contributed by atoms with E-state index in [1.54, 1.807) is 7.05 Å². The molecule has 0 aliphatic carbocycles. The number of benzene rings is 1. The molecule has 0 heterocycles. The number of carbonyl (C=O) groups excluding carboxylic acids is 1. The highest BCUT2D eigenvalue weighted by molar-refractivity contribution is 14.0. The third kappa shape index (κ3) is 7.98. The third-order valence-electron chi connectivity index (χ3n) is 2.88. The van der Waals surface area contributed by atoms with Crippen molar-refractivity contribution < 1.29 is 4.79 Å². The summed E-state index contributed by atoms with van der Waals surface area (Å²) in [6, 6.07) is 5.83. The maximum Gasteiger partial charge on any atom is 0.226 e. The molecule has 0 spiro atoms. The predicted molar refractivity (Wildman–Crippen MR) is 107 cm³/mol. The number of guanidine groups is 1. The van der Waals surface area contributed by atoms with Gasteiger partial charge in [0, 0.05) is 36.7 Å². The summed E-state index contributed by atoms with van der Waals surface area (Å²) < 4.78 is 0.950. The van der Waals surface area contributed by atoms with E-state index in [-0.39, 0.29) is 29.9 Å². The fourth-order valence-corrected chi connectivity index (χ4v) is 2.06. The van der Waals surface area contributed by atoms with Crippen molar-refractivity contribution >= 4 is 57.5 Å². The average Bonchev–Trinajstić information content (AvgIpc) is 2.46. The number of rotatable bonds is 6. The summed E-state index contributed by atoms with van der Waals surface area (Å²) in [5, 5.41) is 9.19. The molecule has 124 valence electrons. The van der Waals surface area contributed by atoms with Crippen molar-refractivity contribution in [3.63, 3.8) is 0 Å². The SMILES string of the molecule is CCCNC(=NC)NCCC(=O)Nc1cc(Br)ccc1C.I. The van der Waals surface area contributed by atoms with Crippen molar-refractivity contribution in [2.75, 3.05) is 25.5 Å². The van der Waals surface area contributed by atoms with Crippen LogP contribution in [0.5, 0.6) is 0 Å². The molecule has 0 aliphatic heterocycles. The van der Waals surface area contributed by atoms with Gasteiger partial charge in [-0.05, 0) is 31.0 Å². The van der Waals surface area contributed by atoms with E-state index in [1.165, 1.54) is 0 Å². The number of halogens is 2. The van der Waals surface area contributed by atoms with Crippen LogP contribution in [0.2, 0.25) is 0 Å². The zero-order chi connectivity index (χ0) is 15.7. The first kappa shape index (κ1) is 21.2. The van der Waals surface area contributed by atoms with Crippen molar-refractivity contribution in [3.05, 3.63) is 28.2 Å². The highest BCUT2D eigenvalue weighted by Gasteiger charge is 2.06. The van der Waals surface area contributed by atoms with E-state index < -0.39 is 0 Å². The topological polar surface area (TPSA) is 65.5 Å². The molecule has 1 aromatic carbocycles. The molecule has 0 bridgehead atoms. The molecule has 0 saturated carbocycles. The molecule has 1 aromatic rings. The smallest absolute Gasteiger partial charge is 0.226 e. The minimum absolute atomic E-state index is 0. The van der Waals surface area contributed by atoms with Crippen LogP contribution in [0, 0.1) is 6.92 Å². The molecule has 3 N–H and O–H groups in total. The number of carbonyl (C=O) groups is 1. The second-order valence-electron chi connectivity index (χ2n) is 4.68. The minimum Gasteiger partial charge on any atom is -0.356 e. The van der Waals surface area contributed by atoms with Gasteiger partial charge < -0.3 is 16.0 Å². The number of nitrogens with zero attached hydrogens (tertiary/aromatic N) is 1. The Balaban J connectivity index is 0.00000441. The summed E-state index contributed by atoms with van der Waals surface area (Å²) in [6.45, 7) is 5.47. The van der Waals surface area contributed by atoms with Gasteiger partial charge >= 0.3 is 0 Å². The monoisotopic (exact) mass is 482 g/mol. The van der Waals surface area contributed by atoms with Crippen LogP contribution in [0.1, 0.15) is 25.3 Å². The van der Waals surface area contributed by atoms with E-state index in [2.05, 4.69) is 43.8 Å². The Labute approximate surface area is 157 Å². The Morgan fingerprint density at radius 1 is 1.27 bits per heavy atom. The number of hydrogen-bond acceptors (Lipinski definition) is 2. The van der Waals surface area contributed by atoms with Crippen molar-refractivity contribution in [1.29, 1.82) is 0 Å². The summed E-state index contributed by atoms with van der Waals surface area (Å²) in [7, 11) is 1.72. The van der Waals surface area contributed by atoms with Gasteiger partial charge in [-0.2, -0.15) is 0 Å². The Morgan fingerprint density at radius 2 is 1.95 bits per heavy atom. The molecule has 0 atom stereocenters. The van der Waals surface area contributed by atoms with Crippen LogP contribution in [0.4, 0.5) is 5.69 Å². The number of amides is 1. The minimum atomic E-state index is -0.0188. The maximum atomic E-state index is 11.9. The number of aliphatic imine (C=N–C) groups is 1. The van der Waals surface area contributed by atoms with Crippen LogP contribution in [-0.2, 0) is 4.79 Å². The van der Waals surface area contributed by atoms with E-state index in [0.717, 1.165) is 34.6 Å². The lowest BCUT2D eigenvalue weighted by molar-refractivity contribution is -0.116. The summed E-state index contributed by atoms with van der Waals surface area (Å²) in [6.07, 6.45) is 1.42. The van der Waals surface area contributed by atoms with E-state index in [9.17, 15) is 4.79 Å². The first-order valence-corrected chi connectivity index (χ1v) is 7.86. The lowest BCUT2D eigenvalue weighted by atomic mass is 10.2. The van der Waals surface area contributed by atoms with Crippen LogP contribution in [0.15, 0.2) is 27.7 Å². The van der Waals surface area contributed by atoms with Crippen molar-refractivity contribution in [2.45, 2.75) is 26.7 Å². The van der Waals surface area contributed by atoms with Gasteiger partial charge in [0.1, 0.15) is 0 Å². The molecule has 7 heteroatoms. The van der Waals surface area contributed by atoms with E-state index in [4.69, 9.17) is 0 Å². The second-order valence-corrected chi connectivity index (χ2v) is 5.60. The number of aryl methyl sites for hydroxylation is 1. The molecule has 0 aromatic heterocycles. The van der Waals surface area contributed by atoms with Gasteiger partial charge in [-0.1, -0.05) is 28.9 Å². The molecular weight excluding hydrogens is 459 g/mol. The van der Waals surface area contributed by atoms with E-state index in [0.29, 0.717) is 13.0 Å². The van der Waals surface area contributed by atoms with Gasteiger partial charge in [-0.3, -0.25) is 9.79 Å². The van der Waals surface area contributed by atoms with Crippen LogP contribution in [0.25, 0.3) is 0 Å². The zero-order valence-electron chi connectivity index (χ0n) is 13.2. The first-order chi connectivity index (χ1) is 10.1. The standard InChI is InChI=1S/C15H23BrN4O.HI/c1-4-8-18-15(17-3)19-9-7-14(21)20-13-10-12(16)6-5-11(13)2;/h5-6,10H,4,7-9H2,1-3H3,(H,20,21)(H2,17,18,19);1H. The Hall–Kier alpha value is -0.830. The Bertz CT molecular complexity index is 508. The third-order valence-corrected chi connectivity index (χ3v) is 3.38. The van der Waals surface area contributed by atoms with Gasteiger partial charge in [0.25, 0.3) is 0 Å². The molecule has 0 unspecified atom stereocenters. The molecule has 0 saturated heterocycles. The molecule has 0 fully saturated rings. The molecule has 5 nitrogen and oxygen atoms in total. The van der Waals surface area contributed by atoms with Crippen LogP contribution in [-0.4, -0.2) is 32.0 Å². The van der Waals surface area contributed by atoms with Gasteiger partial charge in [0.2, 0.25) is 5.91 Å². The highest BCUT2D eigenvalue weighted by Crippen LogP contribution is 2.20. The number of nitrogens with one attached hydrogen (secondary N) is 3. The Morgan fingerprint density at radius 3 is 2.59 bits per heavy atom. The van der Waals surface area contributed by atoms with E-state index >= 15 is 0 Å². The fourth-order valence-electron chi connectivity index (χ4n) is 1.70. The van der Waals surface area contributed by atoms with Crippen molar-refractivity contribution in [2.24, 2.45) is 4.99 Å². The van der Waals surface area contributed by atoms with Crippen molar-refractivity contribution in [3.8, 4) is 0 Å². The first-order valence-electron chi connectivity index (χ1n) is 7.07. The Kier molecular flexibility index (Phi) is 11.3. The molecule has 1 rings (SSSR count). The predicted octanol–water partition coefficient (Wildman–Crippen LogP) is 3.28. The normalized spacial score (nSPS) is 10.6. The maximum absolute atomic E-state index is 11.9. The summed E-state index contributed by atoms with van der Waals surface area (Å²) in [5.41, 5.74) is 1.88. The lowest BCUT2D eigenvalue weighted by Gasteiger charge is -2.12.